The van der Waals surface area contributed by atoms with Crippen molar-refractivity contribution in [1.29, 1.82) is 0 Å². The predicted octanol–water partition coefficient (Wildman–Crippen LogP) is 2.78. The summed E-state index contributed by atoms with van der Waals surface area (Å²) in [5, 5.41) is 19.6. The van der Waals surface area contributed by atoms with Crippen LogP contribution in [0.3, 0.4) is 0 Å². The van der Waals surface area contributed by atoms with Crippen molar-refractivity contribution in [1.82, 2.24) is 14.9 Å². The lowest BCUT2D eigenvalue weighted by atomic mass is 10.1. The largest absolute Gasteiger partial charge is 0.336 e. The first-order valence-corrected chi connectivity index (χ1v) is 8.21. The zero-order chi connectivity index (χ0) is 16.9. The lowest BCUT2D eigenvalue weighted by molar-refractivity contribution is -0.384. The Kier molecular flexibility index (Phi) is 4.76. The molecule has 0 amide bonds. The van der Waals surface area contributed by atoms with Crippen LogP contribution in [0.2, 0.25) is 0 Å². The Labute approximate surface area is 142 Å². The molecule has 0 spiro atoms. The number of hydrogen-bond donors (Lipinski definition) is 1. The molecule has 1 aromatic heterocycles. The number of nitro benzene ring substituents is 1. The molecule has 3 rings (SSSR count). The summed E-state index contributed by atoms with van der Waals surface area (Å²) in [7, 11) is 0. The fourth-order valence-electron chi connectivity index (χ4n) is 2.21. The first kappa shape index (κ1) is 16.0. The Balaban J connectivity index is 1.68. The first-order chi connectivity index (χ1) is 11.6. The summed E-state index contributed by atoms with van der Waals surface area (Å²) in [4.78, 5) is 10.4. The second kappa shape index (κ2) is 7.14. The quantitative estimate of drug-likeness (QED) is 0.320. The molecule has 0 aliphatic rings. The van der Waals surface area contributed by atoms with E-state index in [2.05, 4.69) is 10.2 Å². The molecule has 8 heteroatoms. The Morgan fingerprint density at radius 2 is 1.83 bits per heavy atom. The highest BCUT2D eigenvalue weighted by molar-refractivity contribution is 7.98. The second-order valence-electron chi connectivity index (χ2n) is 5.15. The van der Waals surface area contributed by atoms with Crippen molar-refractivity contribution in [3.05, 3.63) is 81.7 Å². The minimum atomic E-state index is -0.405. The first-order valence-electron chi connectivity index (χ1n) is 7.23. The number of nitrogen functional groups attached to an aromatic ring is 1. The molecule has 0 aliphatic heterocycles. The molecule has 0 aliphatic carbocycles. The van der Waals surface area contributed by atoms with E-state index in [0.29, 0.717) is 23.2 Å². The van der Waals surface area contributed by atoms with Gasteiger partial charge in [-0.3, -0.25) is 10.1 Å². The molecule has 0 saturated heterocycles. The molecule has 0 saturated carbocycles. The van der Waals surface area contributed by atoms with Crippen LogP contribution in [-0.2, 0) is 12.2 Å². The lowest BCUT2D eigenvalue weighted by Gasteiger charge is -2.04. The van der Waals surface area contributed by atoms with Gasteiger partial charge in [-0.1, -0.05) is 54.2 Å². The van der Waals surface area contributed by atoms with E-state index in [1.807, 2.05) is 36.4 Å². The number of aromatic nitrogens is 3. The molecule has 0 atom stereocenters. The van der Waals surface area contributed by atoms with Crippen LogP contribution in [0.15, 0.2) is 59.8 Å². The van der Waals surface area contributed by atoms with Gasteiger partial charge in [-0.25, -0.2) is 4.68 Å². The average Bonchev–Trinajstić information content (AvgIpc) is 2.94. The molecule has 7 nitrogen and oxygen atoms in total. The van der Waals surface area contributed by atoms with Crippen LogP contribution in [0.4, 0.5) is 5.69 Å². The summed E-state index contributed by atoms with van der Waals surface area (Å²) in [5.74, 6) is 7.26. The normalized spacial score (nSPS) is 10.7. The lowest BCUT2D eigenvalue weighted by Crippen LogP contribution is -2.14. The standard InChI is InChI=1S/C16H15N5O2S/c17-20-15(10-12-5-2-1-3-6-12)18-19-16(20)24-11-13-7-4-8-14(9-13)21(22)23/h1-9H,10-11,17H2. The molecular weight excluding hydrogens is 326 g/mol. The molecule has 122 valence electrons. The molecule has 2 aromatic carbocycles. The maximum absolute atomic E-state index is 10.8. The van der Waals surface area contributed by atoms with Crippen molar-refractivity contribution in [2.45, 2.75) is 17.3 Å². The van der Waals surface area contributed by atoms with Gasteiger partial charge in [-0.15, -0.1) is 10.2 Å². The zero-order valence-corrected chi connectivity index (χ0v) is 13.5. The molecule has 0 fully saturated rings. The van der Waals surface area contributed by atoms with Crippen molar-refractivity contribution in [3.63, 3.8) is 0 Å². The van der Waals surface area contributed by atoms with Gasteiger partial charge in [-0.2, -0.15) is 0 Å². The van der Waals surface area contributed by atoms with E-state index in [0.717, 1.165) is 11.1 Å². The van der Waals surface area contributed by atoms with Gasteiger partial charge in [0.15, 0.2) is 5.82 Å². The van der Waals surface area contributed by atoms with Crippen molar-refractivity contribution in [3.8, 4) is 0 Å². The van der Waals surface area contributed by atoms with E-state index in [4.69, 9.17) is 5.84 Å². The molecular formula is C16H15N5O2S. The van der Waals surface area contributed by atoms with Gasteiger partial charge in [0, 0.05) is 24.3 Å². The average molecular weight is 341 g/mol. The van der Waals surface area contributed by atoms with Crippen molar-refractivity contribution >= 4 is 17.4 Å². The van der Waals surface area contributed by atoms with E-state index in [1.54, 1.807) is 12.1 Å². The van der Waals surface area contributed by atoms with Gasteiger partial charge in [0.25, 0.3) is 5.69 Å². The van der Waals surface area contributed by atoms with Crippen molar-refractivity contribution in [2.75, 3.05) is 5.84 Å². The summed E-state index contributed by atoms with van der Waals surface area (Å²) in [5.41, 5.74) is 2.01. The predicted molar refractivity (Wildman–Crippen MR) is 92.1 cm³/mol. The third-order valence-electron chi connectivity index (χ3n) is 3.43. The van der Waals surface area contributed by atoms with Gasteiger partial charge >= 0.3 is 0 Å². The van der Waals surface area contributed by atoms with Gasteiger partial charge < -0.3 is 5.84 Å². The SMILES string of the molecule is Nn1c(Cc2ccccc2)nnc1SCc1cccc([N+](=O)[O-])c1. The fraction of sp³-hybridized carbons (Fsp3) is 0.125. The number of nitrogens with two attached hydrogens (primary N) is 1. The number of nitrogens with zero attached hydrogens (tertiary/aromatic N) is 4. The highest BCUT2D eigenvalue weighted by atomic mass is 32.2. The Bertz CT molecular complexity index is 851. The van der Waals surface area contributed by atoms with Crippen LogP contribution in [0.5, 0.6) is 0 Å². The highest BCUT2D eigenvalue weighted by Gasteiger charge is 2.12. The maximum Gasteiger partial charge on any atom is 0.269 e. The maximum atomic E-state index is 10.8. The molecule has 0 unspecified atom stereocenters. The van der Waals surface area contributed by atoms with E-state index in [9.17, 15) is 10.1 Å². The van der Waals surface area contributed by atoms with Gasteiger partial charge in [0.05, 0.1) is 4.92 Å². The van der Waals surface area contributed by atoms with Crippen LogP contribution in [-0.4, -0.2) is 19.8 Å². The second-order valence-corrected chi connectivity index (χ2v) is 6.09. The number of rotatable bonds is 6. The minimum Gasteiger partial charge on any atom is -0.336 e. The third-order valence-corrected chi connectivity index (χ3v) is 4.44. The monoisotopic (exact) mass is 341 g/mol. The number of nitro groups is 1. The smallest absolute Gasteiger partial charge is 0.269 e. The fourth-order valence-corrected chi connectivity index (χ4v) is 3.03. The number of non-ortho nitro benzene ring substituents is 1. The van der Waals surface area contributed by atoms with Crippen LogP contribution in [0.25, 0.3) is 0 Å². The van der Waals surface area contributed by atoms with Crippen LogP contribution >= 0.6 is 11.8 Å². The van der Waals surface area contributed by atoms with Crippen LogP contribution in [0, 0.1) is 10.1 Å². The van der Waals surface area contributed by atoms with Gasteiger partial charge in [0.1, 0.15) is 0 Å². The van der Waals surface area contributed by atoms with Gasteiger partial charge in [0.2, 0.25) is 5.16 Å². The Morgan fingerprint density at radius 3 is 2.58 bits per heavy atom. The van der Waals surface area contributed by atoms with E-state index >= 15 is 0 Å². The topological polar surface area (TPSA) is 99.9 Å². The number of hydrogen-bond acceptors (Lipinski definition) is 6. The van der Waals surface area contributed by atoms with Gasteiger partial charge in [-0.05, 0) is 11.1 Å². The highest BCUT2D eigenvalue weighted by Crippen LogP contribution is 2.23. The molecule has 0 bridgehead atoms. The molecule has 24 heavy (non-hydrogen) atoms. The Morgan fingerprint density at radius 1 is 1.08 bits per heavy atom. The Hall–Kier alpha value is -2.87. The molecule has 1 heterocycles. The summed E-state index contributed by atoms with van der Waals surface area (Å²) >= 11 is 1.39. The zero-order valence-electron chi connectivity index (χ0n) is 12.7. The molecule has 0 radical (unpaired) electrons. The summed E-state index contributed by atoms with van der Waals surface area (Å²) in [6, 6.07) is 16.4. The molecule has 3 aromatic rings. The van der Waals surface area contributed by atoms with Crippen LogP contribution < -0.4 is 5.84 Å². The summed E-state index contributed by atoms with van der Waals surface area (Å²) in [6.07, 6.45) is 0.599. The molecule has 2 N–H and O–H groups in total. The summed E-state index contributed by atoms with van der Waals surface area (Å²) < 4.78 is 1.47. The number of benzene rings is 2. The third kappa shape index (κ3) is 3.72. The van der Waals surface area contributed by atoms with E-state index < -0.39 is 4.92 Å². The minimum absolute atomic E-state index is 0.0760. The van der Waals surface area contributed by atoms with Crippen molar-refractivity contribution in [2.24, 2.45) is 0 Å². The van der Waals surface area contributed by atoms with Crippen molar-refractivity contribution < 1.29 is 4.92 Å². The van der Waals surface area contributed by atoms with E-state index in [-0.39, 0.29) is 5.69 Å². The number of thioether (sulfide) groups is 1. The van der Waals surface area contributed by atoms with Crippen LogP contribution in [0.1, 0.15) is 17.0 Å². The summed E-state index contributed by atoms with van der Waals surface area (Å²) in [6.45, 7) is 0. The van der Waals surface area contributed by atoms with E-state index in [1.165, 1.54) is 22.5 Å².